The highest BCUT2D eigenvalue weighted by Crippen LogP contribution is 2.23. The third-order valence-corrected chi connectivity index (χ3v) is 4.23. The van der Waals surface area contributed by atoms with Crippen LogP contribution in [0, 0.1) is 0 Å². The average molecular weight is 387 g/mol. The summed E-state index contributed by atoms with van der Waals surface area (Å²) in [5.74, 6) is 0. The second-order valence-corrected chi connectivity index (χ2v) is 6.42. The lowest BCUT2D eigenvalue weighted by molar-refractivity contribution is 0.108. The van der Waals surface area contributed by atoms with E-state index in [2.05, 4.69) is 32.7 Å². The molecule has 0 aliphatic rings. The maximum absolute atomic E-state index is 12.2. The van der Waals surface area contributed by atoms with Gasteiger partial charge in [-0.2, -0.15) is 0 Å². The summed E-state index contributed by atoms with van der Waals surface area (Å²) in [5.41, 5.74) is 2.29. The van der Waals surface area contributed by atoms with Crippen molar-refractivity contribution in [1.82, 2.24) is 10.2 Å². The van der Waals surface area contributed by atoms with E-state index < -0.39 is 0 Å². The molecule has 2 rings (SSSR count). The number of allylic oxidation sites excluding steroid dienone is 5. The van der Waals surface area contributed by atoms with Crippen molar-refractivity contribution in [1.29, 1.82) is 0 Å². The van der Waals surface area contributed by atoms with Gasteiger partial charge in [0.2, 0.25) is 5.12 Å². The molecule has 5 heteroatoms. The molecule has 0 atom stereocenters. The molecule has 0 bridgehead atoms. The van der Waals surface area contributed by atoms with E-state index in [-0.39, 0.29) is 5.12 Å². The fourth-order valence-corrected chi connectivity index (χ4v) is 2.73. The largest absolute Gasteiger partial charge is 0.281 e. The van der Waals surface area contributed by atoms with E-state index in [9.17, 15) is 4.79 Å². The molecule has 0 radical (unpaired) electrons. The fraction of sp³-hybridized carbons (Fsp3) is 0.0556. The van der Waals surface area contributed by atoms with Gasteiger partial charge in [-0.05, 0) is 55.1 Å². The number of rotatable bonds is 5. The van der Waals surface area contributed by atoms with Gasteiger partial charge in [0, 0.05) is 15.6 Å². The standard InChI is InChI=1S/C18H15BrN2OS/c1-3-5-13(6-4-2)16-11-12-17(21-20-16)23-18(22)14-7-9-15(19)10-8-14/h3-12H,1H2,2H3/b6-4-,13-5+. The lowest BCUT2D eigenvalue weighted by Gasteiger charge is -2.03. The van der Waals surface area contributed by atoms with Crippen LogP contribution in [0.1, 0.15) is 23.0 Å². The Balaban J connectivity index is 2.13. The molecule has 0 spiro atoms. The molecule has 2 aromatic rings. The van der Waals surface area contributed by atoms with E-state index in [0.29, 0.717) is 10.6 Å². The Kier molecular flexibility index (Phi) is 6.50. The van der Waals surface area contributed by atoms with Crippen molar-refractivity contribution in [2.45, 2.75) is 11.9 Å². The Morgan fingerprint density at radius 1 is 1.17 bits per heavy atom. The van der Waals surface area contributed by atoms with E-state index in [0.717, 1.165) is 27.5 Å². The molecular formula is C18H15BrN2OS. The van der Waals surface area contributed by atoms with Crippen LogP contribution in [0.3, 0.4) is 0 Å². The Labute approximate surface area is 148 Å². The van der Waals surface area contributed by atoms with E-state index in [4.69, 9.17) is 0 Å². The van der Waals surface area contributed by atoms with Gasteiger partial charge >= 0.3 is 0 Å². The van der Waals surface area contributed by atoms with Crippen molar-refractivity contribution in [3.63, 3.8) is 0 Å². The van der Waals surface area contributed by atoms with Crippen LogP contribution in [-0.4, -0.2) is 15.3 Å². The zero-order valence-electron chi connectivity index (χ0n) is 12.6. The van der Waals surface area contributed by atoms with E-state index in [1.807, 2.05) is 43.4 Å². The SMILES string of the molecule is C=C/C=C(\C=C/C)c1ccc(SC(=O)c2ccc(Br)cc2)nn1. The number of aromatic nitrogens is 2. The van der Waals surface area contributed by atoms with Crippen LogP contribution in [0.4, 0.5) is 0 Å². The minimum absolute atomic E-state index is 0.0603. The first kappa shape index (κ1) is 17.4. The van der Waals surface area contributed by atoms with Gasteiger partial charge in [-0.3, -0.25) is 4.79 Å². The van der Waals surface area contributed by atoms with Crippen LogP contribution < -0.4 is 0 Å². The maximum atomic E-state index is 12.2. The molecule has 0 saturated heterocycles. The molecule has 0 fully saturated rings. The van der Waals surface area contributed by atoms with E-state index >= 15 is 0 Å². The summed E-state index contributed by atoms with van der Waals surface area (Å²) >= 11 is 4.41. The van der Waals surface area contributed by atoms with Gasteiger partial charge in [-0.25, -0.2) is 0 Å². The second-order valence-electron chi connectivity index (χ2n) is 4.51. The molecule has 1 heterocycles. The van der Waals surface area contributed by atoms with Crippen LogP contribution >= 0.6 is 27.7 Å². The maximum Gasteiger partial charge on any atom is 0.225 e. The number of halogens is 1. The first-order valence-electron chi connectivity index (χ1n) is 6.91. The molecule has 116 valence electrons. The van der Waals surface area contributed by atoms with Crippen molar-refractivity contribution in [2.24, 2.45) is 0 Å². The van der Waals surface area contributed by atoms with Crippen molar-refractivity contribution in [2.75, 3.05) is 0 Å². The van der Waals surface area contributed by atoms with Crippen LogP contribution in [0.15, 0.2) is 76.8 Å². The third kappa shape index (κ3) is 5.01. The number of carbonyl (C=O) groups excluding carboxylic acids is 1. The van der Waals surface area contributed by atoms with Crippen LogP contribution in [0.2, 0.25) is 0 Å². The molecule has 0 aliphatic carbocycles. The molecule has 1 aromatic heterocycles. The number of hydrogen-bond donors (Lipinski definition) is 0. The molecule has 0 aliphatic heterocycles. The Morgan fingerprint density at radius 3 is 2.48 bits per heavy atom. The Bertz CT molecular complexity index is 750. The predicted molar refractivity (Wildman–Crippen MR) is 99.3 cm³/mol. The summed E-state index contributed by atoms with van der Waals surface area (Å²) in [6.07, 6.45) is 7.43. The number of thioether (sulfide) groups is 1. The van der Waals surface area contributed by atoms with Crippen LogP contribution in [-0.2, 0) is 0 Å². The molecule has 23 heavy (non-hydrogen) atoms. The highest BCUT2D eigenvalue weighted by atomic mass is 79.9. The summed E-state index contributed by atoms with van der Waals surface area (Å²) in [6, 6.07) is 10.9. The lowest BCUT2D eigenvalue weighted by atomic mass is 10.1. The Morgan fingerprint density at radius 2 is 1.91 bits per heavy atom. The summed E-state index contributed by atoms with van der Waals surface area (Å²) < 4.78 is 0.939. The lowest BCUT2D eigenvalue weighted by Crippen LogP contribution is -1.97. The van der Waals surface area contributed by atoms with Gasteiger partial charge in [-0.15, -0.1) is 10.2 Å². The Hall–Kier alpha value is -1.98. The van der Waals surface area contributed by atoms with Crippen molar-refractivity contribution in [3.8, 4) is 0 Å². The van der Waals surface area contributed by atoms with Crippen LogP contribution in [0.5, 0.6) is 0 Å². The number of hydrogen-bond acceptors (Lipinski definition) is 4. The van der Waals surface area contributed by atoms with Gasteiger partial charge in [0.25, 0.3) is 0 Å². The summed E-state index contributed by atoms with van der Waals surface area (Å²) in [4.78, 5) is 12.2. The van der Waals surface area contributed by atoms with Gasteiger partial charge in [0.1, 0.15) is 5.03 Å². The first-order valence-corrected chi connectivity index (χ1v) is 8.52. The zero-order chi connectivity index (χ0) is 16.7. The molecule has 0 unspecified atom stereocenters. The fourth-order valence-electron chi connectivity index (χ4n) is 1.80. The van der Waals surface area contributed by atoms with E-state index in [1.165, 1.54) is 0 Å². The molecule has 1 aromatic carbocycles. The number of benzene rings is 1. The van der Waals surface area contributed by atoms with Gasteiger partial charge < -0.3 is 0 Å². The predicted octanol–water partition coefficient (Wildman–Crippen LogP) is 5.32. The van der Waals surface area contributed by atoms with E-state index in [1.54, 1.807) is 24.3 Å². The van der Waals surface area contributed by atoms with Crippen molar-refractivity contribution >= 4 is 38.4 Å². The zero-order valence-corrected chi connectivity index (χ0v) is 15.0. The molecule has 3 nitrogen and oxygen atoms in total. The smallest absolute Gasteiger partial charge is 0.225 e. The molecule has 0 saturated carbocycles. The van der Waals surface area contributed by atoms with Gasteiger partial charge in [0.15, 0.2) is 0 Å². The average Bonchev–Trinajstić information content (AvgIpc) is 2.56. The monoisotopic (exact) mass is 386 g/mol. The van der Waals surface area contributed by atoms with Gasteiger partial charge in [-0.1, -0.05) is 46.8 Å². The van der Waals surface area contributed by atoms with Crippen molar-refractivity contribution in [3.05, 3.63) is 83.0 Å². The summed E-state index contributed by atoms with van der Waals surface area (Å²) in [5, 5.41) is 8.81. The summed E-state index contributed by atoms with van der Waals surface area (Å²) in [7, 11) is 0. The quantitative estimate of drug-likeness (QED) is 0.515. The minimum atomic E-state index is -0.0603. The number of nitrogens with zero attached hydrogens (tertiary/aromatic N) is 2. The third-order valence-electron chi connectivity index (χ3n) is 2.86. The van der Waals surface area contributed by atoms with Crippen LogP contribution in [0.25, 0.3) is 5.57 Å². The first-order chi connectivity index (χ1) is 11.1. The van der Waals surface area contributed by atoms with Crippen molar-refractivity contribution < 1.29 is 4.79 Å². The highest BCUT2D eigenvalue weighted by molar-refractivity contribution is 9.10. The highest BCUT2D eigenvalue weighted by Gasteiger charge is 2.10. The normalized spacial score (nSPS) is 11.7. The topological polar surface area (TPSA) is 42.9 Å². The second kappa shape index (κ2) is 8.60. The molecule has 0 amide bonds. The molecule has 0 N–H and O–H groups in total. The summed E-state index contributed by atoms with van der Waals surface area (Å²) in [6.45, 7) is 5.63. The molecular weight excluding hydrogens is 372 g/mol. The number of carbonyl (C=O) groups is 1. The minimum Gasteiger partial charge on any atom is -0.281 e. The van der Waals surface area contributed by atoms with Gasteiger partial charge in [0.05, 0.1) is 5.69 Å².